The Kier molecular flexibility index (Phi) is 3.55. The van der Waals surface area contributed by atoms with Gasteiger partial charge < -0.3 is 0 Å². The standard InChI is InChI=1S/C16H15/c1-2-14-9-6-10-16(13-14)12-11-15-7-4-3-5-8-15/h3-13H,1-2H2. The van der Waals surface area contributed by atoms with Gasteiger partial charge in [-0.2, -0.15) is 0 Å². The molecule has 0 N–H and O–H groups in total. The first kappa shape index (κ1) is 10.7. The maximum atomic E-state index is 3.89. The zero-order chi connectivity index (χ0) is 11.2. The van der Waals surface area contributed by atoms with E-state index in [0.29, 0.717) is 0 Å². The van der Waals surface area contributed by atoms with Crippen LogP contribution in [0.3, 0.4) is 0 Å². The molecule has 0 nitrogen and oxygen atoms in total. The minimum Gasteiger partial charge on any atom is -0.0622 e. The number of benzene rings is 2. The SMILES string of the molecule is [CH2]Cc1cccc(C=Cc2ccccc2)c1. The summed E-state index contributed by atoms with van der Waals surface area (Å²) in [4.78, 5) is 0. The molecule has 0 heteroatoms. The molecule has 1 radical (unpaired) electrons. The molecule has 0 aliphatic carbocycles. The summed E-state index contributed by atoms with van der Waals surface area (Å²) in [5.74, 6) is 0. The second-order valence-electron chi connectivity index (χ2n) is 3.74. The highest BCUT2D eigenvalue weighted by atomic mass is 14.0. The van der Waals surface area contributed by atoms with Gasteiger partial charge in [0.15, 0.2) is 0 Å². The van der Waals surface area contributed by atoms with E-state index in [1.54, 1.807) is 0 Å². The molecule has 2 aromatic carbocycles. The average Bonchev–Trinajstić information content (AvgIpc) is 2.38. The molecule has 16 heavy (non-hydrogen) atoms. The van der Waals surface area contributed by atoms with Crippen molar-refractivity contribution in [2.45, 2.75) is 6.42 Å². The molecule has 0 heterocycles. The second-order valence-corrected chi connectivity index (χ2v) is 3.74. The van der Waals surface area contributed by atoms with Gasteiger partial charge in [-0.05, 0) is 30.0 Å². The first-order chi connectivity index (χ1) is 7.88. The van der Waals surface area contributed by atoms with E-state index in [-0.39, 0.29) is 0 Å². The molecule has 2 aromatic rings. The van der Waals surface area contributed by atoms with Crippen LogP contribution in [0, 0.1) is 6.92 Å². The zero-order valence-corrected chi connectivity index (χ0v) is 9.27. The van der Waals surface area contributed by atoms with Gasteiger partial charge in [0.05, 0.1) is 0 Å². The lowest BCUT2D eigenvalue weighted by atomic mass is 10.1. The van der Waals surface area contributed by atoms with Crippen molar-refractivity contribution >= 4 is 12.2 Å². The molecular formula is C16H15. The normalized spacial score (nSPS) is 10.8. The van der Waals surface area contributed by atoms with E-state index in [2.05, 4.69) is 55.5 Å². The average molecular weight is 207 g/mol. The topological polar surface area (TPSA) is 0 Å². The van der Waals surface area contributed by atoms with Crippen molar-refractivity contribution in [1.82, 2.24) is 0 Å². The largest absolute Gasteiger partial charge is 0.0622 e. The summed E-state index contributed by atoms with van der Waals surface area (Å²) in [6, 6.07) is 18.8. The Morgan fingerprint density at radius 2 is 1.50 bits per heavy atom. The van der Waals surface area contributed by atoms with Crippen LogP contribution >= 0.6 is 0 Å². The van der Waals surface area contributed by atoms with Crippen molar-refractivity contribution in [3.05, 3.63) is 78.2 Å². The van der Waals surface area contributed by atoms with Crippen LogP contribution in [-0.4, -0.2) is 0 Å². The molecule has 0 aliphatic rings. The first-order valence-corrected chi connectivity index (χ1v) is 5.50. The summed E-state index contributed by atoms with van der Waals surface area (Å²) in [6.07, 6.45) is 5.10. The van der Waals surface area contributed by atoms with Crippen LogP contribution in [0.15, 0.2) is 54.6 Å². The molecule has 0 amide bonds. The van der Waals surface area contributed by atoms with Gasteiger partial charge in [0.2, 0.25) is 0 Å². The third-order valence-electron chi connectivity index (χ3n) is 2.51. The van der Waals surface area contributed by atoms with Gasteiger partial charge in [-0.1, -0.05) is 66.7 Å². The first-order valence-electron chi connectivity index (χ1n) is 5.50. The van der Waals surface area contributed by atoms with Gasteiger partial charge in [-0.25, -0.2) is 0 Å². The van der Waals surface area contributed by atoms with E-state index in [1.807, 2.05) is 18.2 Å². The Hall–Kier alpha value is -1.82. The van der Waals surface area contributed by atoms with E-state index < -0.39 is 0 Å². The minimum atomic E-state index is 0.840. The summed E-state index contributed by atoms with van der Waals surface area (Å²) in [5.41, 5.74) is 3.72. The second kappa shape index (κ2) is 5.32. The van der Waals surface area contributed by atoms with Crippen LogP contribution < -0.4 is 0 Å². The van der Waals surface area contributed by atoms with E-state index in [4.69, 9.17) is 0 Å². The maximum Gasteiger partial charge on any atom is -0.0254 e. The lowest BCUT2D eigenvalue weighted by Crippen LogP contribution is -1.80. The summed E-state index contributed by atoms with van der Waals surface area (Å²) >= 11 is 0. The molecule has 0 saturated heterocycles. The van der Waals surface area contributed by atoms with Crippen LogP contribution in [0.1, 0.15) is 16.7 Å². The molecular weight excluding hydrogens is 192 g/mol. The zero-order valence-electron chi connectivity index (χ0n) is 9.27. The number of hydrogen-bond donors (Lipinski definition) is 0. The highest BCUT2D eigenvalue weighted by Gasteiger charge is 1.90. The molecule has 0 saturated carbocycles. The van der Waals surface area contributed by atoms with Gasteiger partial charge in [-0.3, -0.25) is 0 Å². The third-order valence-corrected chi connectivity index (χ3v) is 2.51. The number of rotatable bonds is 3. The summed E-state index contributed by atoms with van der Waals surface area (Å²) in [5, 5.41) is 0. The van der Waals surface area contributed by atoms with Crippen molar-refractivity contribution in [3.63, 3.8) is 0 Å². The van der Waals surface area contributed by atoms with Crippen LogP contribution in [0.4, 0.5) is 0 Å². The van der Waals surface area contributed by atoms with Crippen LogP contribution in [-0.2, 0) is 6.42 Å². The Labute approximate surface area is 97.3 Å². The van der Waals surface area contributed by atoms with Gasteiger partial charge in [0, 0.05) is 0 Å². The number of hydrogen-bond acceptors (Lipinski definition) is 0. The van der Waals surface area contributed by atoms with Gasteiger partial charge in [-0.15, -0.1) is 0 Å². The molecule has 0 aliphatic heterocycles. The predicted octanol–water partition coefficient (Wildman–Crippen LogP) is 4.23. The van der Waals surface area contributed by atoms with E-state index in [0.717, 1.165) is 6.42 Å². The fourth-order valence-corrected chi connectivity index (χ4v) is 1.61. The van der Waals surface area contributed by atoms with Crippen molar-refractivity contribution in [2.24, 2.45) is 0 Å². The van der Waals surface area contributed by atoms with Crippen molar-refractivity contribution in [1.29, 1.82) is 0 Å². The molecule has 0 spiro atoms. The quantitative estimate of drug-likeness (QED) is 0.660. The predicted molar refractivity (Wildman–Crippen MR) is 70.9 cm³/mol. The molecule has 0 aromatic heterocycles. The molecule has 0 unspecified atom stereocenters. The Morgan fingerprint density at radius 3 is 2.25 bits per heavy atom. The molecule has 0 bridgehead atoms. The van der Waals surface area contributed by atoms with Crippen LogP contribution in [0.25, 0.3) is 12.2 Å². The van der Waals surface area contributed by atoms with Crippen molar-refractivity contribution < 1.29 is 0 Å². The lowest BCUT2D eigenvalue weighted by molar-refractivity contribution is 1.27. The van der Waals surface area contributed by atoms with Crippen molar-refractivity contribution in [2.75, 3.05) is 0 Å². The van der Waals surface area contributed by atoms with Crippen molar-refractivity contribution in [3.8, 4) is 0 Å². The molecule has 79 valence electrons. The van der Waals surface area contributed by atoms with E-state index in [9.17, 15) is 0 Å². The molecule has 0 fully saturated rings. The summed E-state index contributed by atoms with van der Waals surface area (Å²) in [6.45, 7) is 3.89. The fraction of sp³-hybridized carbons (Fsp3) is 0.0625. The molecule has 0 atom stereocenters. The van der Waals surface area contributed by atoms with Gasteiger partial charge >= 0.3 is 0 Å². The highest BCUT2D eigenvalue weighted by molar-refractivity contribution is 5.69. The summed E-state index contributed by atoms with van der Waals surface area (Å²) in [7, 11) is 0. The minimum absolute atomic E-state index is 0.840. The summed E-state index contributed by atoms with van der Waals surface area (Å²) < 4.78 is 0. The monoisotopic (exact) mass is 207 g/mol. The van der Waals surface area contributed by atoms with Crippen LogP contribution in [0.2, 0.25) is 0 Å². The molecule has 2 rings (SSSR count). The Balaban J connectivity index is 2.17. The highest BCUT2D eigenvalue weighted by Crippen LogP contribution is 2.10. The maximum absolute atomic E-state index is 3.89. The van der Waals surface area contributed by atoms with Gasteiger partial charge in [0.25, 0.3) is 0 Å². The Bertz CT molecular complexity index is 466. The van der Waals surface area contributed by atoms with Crippen LogP contribution in [0.5, 0.6) is 0 Å². The van der Waals surface area contributed by atoms with E-state index in [1.165, 1.54) is 16.7 Å². The van der Waals surface area contributed by atoms with E-state index >= 15 is 0 Å². The Morgan fingerprint density at radius 1 is 0.812 bits per heavy atom. The third kappa shape index (κ3) is 2.83. The lowest BCUT2D eigenvalue weighted by Gasteiger charge is -1.98. The smallest absolute Gasteiger partial charge is 0.0254 e. The van der Waals surface area contributed by atoms with Gasteiger partial charge in [0.1, 0.15) is 0 Å². The fourth-order valence-electron chi connectivity index (χ4n) is 1.61.